The standard InChI is InChI=1S/C35H33N3O7/c1-18-9-11-20(12-10-18)37-38-33(42)25-17-24-22(13-14-23-28(24)32(41)36-31(23)40)30(29-26(44-2)15-21(39)16-27(29)45-3)35(25,34(38)43)19-7-5-4-6-8-19/h4-13,15-16,23-25,28,30,37,39H,14,17H2,1-3H3,(H,36,40,41)/t23-,24+,25-,28-,30+,35+/m0/s1. The Labute approximate surface area is 260 Å². The molecule has 6 atom stereocenters. The number of rotatable bonds is 6. The predicted molar refractivity (Wildman–Crippen MR) is 163 cm³/mol. The highest BCUT2D eigenvalue weighted by Crippen LogP contribution is 2.65. The van der Waals surface area contributed by atoms with Gasteiger partial charge >= 0.3 is 0 Å². The number of anilines is 1. The molecular weight excluding hydrogens is 574 g/mol. The predicted octanol–water partition coefficient (Wildman–Crippen LogP) is 3.99. The number of amides is 4. The second kappa shape index (κ2) is 10.5. The van der Waals surface area contributed by atoms with Gasteiger partial charge in [-0.15, -0.1) is 0 Å². The number of aromatic hydroxyl groups is 1. The normalized spacial score (nSPS) is 28.6. The van der Waals surface area contributed by atoms with Gasteiger partial charge in [-0.1, -0.05) is 59.7 Å². The van der Waals surface area contributed by atoms with Crippen LogP contribution in [-0.2, 0) is 24.6 Å². The Bertz CT molecular complexity index is 1740. The summed E-state index contributed by atoms with van der Waals surface area (Å²) in [5.41, 5.74) is 5.05. The number of phenols is 1. The molecule has 2 heterocycles. The number of aryl methyl sites for hydroxylation is 1. The summed E-state index contributed by atoms with van der Waals surface area (Å²) in [5, 5.41) is 14.2. The van der Waals surface area contributed by atoms with Crippen molar-refractivity contribution in [3.63, 3.8) is 0 Å². The van der Waals surface area contributed by atoms with Crippen LogP contribution in [0.5, 0.6) is 17.2 Å². The second-order valence-corrected chi connectivity index (χ2v) is 12.2. The molecule has 0 unspecified atom stereocenters. The first-order valence-corrected chi connectivity index (χ1v) is 15.0. The molecule has 3 N–H and O–H groups in total. The minimum Gasteiger partial charge on any atom is -0.508 e. The Balaban J connectivity index is 1.52. The zero-order valence-electron chi connectivity index (χ0n) is 25.1. The molecule has 230 valence electrons. The Kier molecular flexibility index (Phi) is 6.68. The molecule has 0 aromatic heterocycles. The summed E-state index contributed by atoms with van der Waals surface area (Å²) in [4.78, 5) is 55.9. The fourth-order valence-corrected chi connectivity index (χ4v) is 8.18. The van der Waals surface area contributed by atoms with Crippen LogP contribution >= 0.6 is 0 Å². The van der Waals surface area contributed by atoms with Gasteiger partial charge in [0.25, 0.3) is 11.8 Å². The summed E-state index contributed by atoms with van der Waals surface area (Å²) in [6.07, 6.45) is 2.43. The Morgan fingerprint density at radius 3 is 2.22 bits per heavy atom. The SMILES string of the molecule is COc1cc(O)cc(OC)c1[C@H]1C2=CC[C@@H]3C(=O)NC(=O)[C@@H]3[C@@H]2C[C@H]2C(=O)N(Nc3ccc(C)cc3)C(=O)[C@@]12c1ccccc1. The van der Waals surface area contributed by atoms with Crippen molar-refractivity contribution in [1.29, 1.82) is 0 Å². The van der Waals surface area contributed by atoms with Gasteiger partial charge in [-0.25, -0.2) is 0 Å². The van der Waals surface area contributed by atoms with Crippen LogP contribution in [-0.4, -0.2) is 48.0 Å². The molecule has 1 saturated carbocycles. The highest BCUT2D eigenvalue weighted by Gasteiger charge is 2.70. The maximum Gasteiger partial charge on any atom is 0.260 e. The number of nitrogens with one attached hydrogen (secondary N) is 2. The first kappa shape index (κ1) is 28.6. The summed E-state index contributed by atoms with van der Waals surface area (Å²) in [6, 6.07) is 19.5. The molecule has 0 radical (unpaired) electrons. The summed E-state index contributed by atoms with van der Waals surface area (Å²) in [6.45, 7) is 1.95. The maximum atomic E-state index is 15.2. The van der Waals surface area contributed by atoms with Crippen LogP contribution in [0.4, 0.5) is 5.69 Å². The monoisotopic (exact) mass is 607 g/mol. The average molecular weight is 608 g/mol. The van der Waals surface area contributed by atoms with Gasteiger partial charge < -0.3 is 14.6 Å². The number of hydrogen-bond donors (Lipinski definition) is 3. The maximum absolute atomic E-state index is 15.2. The number of phenolic OH excluding ortho intramolecular Hbond substituents is 1. The van der Waals surface area contributed by atoms with Crippen molar-refractivity contribution in [2.75, 3.05) is 19.6 Å². The van der Waals surface area contributed by atoms with E-state index >= 15 is 4.79 Å². The largest absolute Gasteiger partial charge is 0.508 e. The number of fused-ring (bicyclic) bond motifs is 4. The van der Waals surface area contributed by atoms with Crippen LogP contribution in [0.15, 0.2) is 78.4 Å². The number of hydrogen-bond acceptors (Lipinski definition) is 8. The molecule has 3 aromatic carbocycles. The minimum atomic E-state index is -1.48. The van der Waals surface area contributed by atoms with Gasteiger partial charge in [-0.05, 0) is 43.4 Å². The van der Waals surface area contributed by atoms with Crippen LogP contribution in [0, 0.1) is 30.6 Å². The molecule has 7 rings (SSSR count). The lowest BCUT2D eigenvalue weighted by Crippen LogP contribution is -2.53. The fourth-order valence-electron chi connectivity index (χ4n) is 8.18. The molecule has 2 saturated heterocycles. The third-order valence-corrected chi connectivity index (χ3v) is 10.1. The topological polar surface area (TPSA) is 134 Å². The number of methoxy groups -OCH3 is 2. The van der Waals surface area contributed by atoms with Gasteiger partial charge in [0, 0.05) is 23.6 Å². The Morgan fingerprint density at radius 1 is 0.911 bits per heavy atom. The smallest absolute Gasteiger partial charge is 0.260 e. The summed E-state index contributed by atoms with van der Waals surface area (Å²) in [5.74, 6) is -4.67. The van der Waals surface area contributed by atoms with E-state index in [4.69, 9.17) is 9.47 Å². The second-order valence-electron chi connectivity index (χ2n) is 12.2. The molecule has 10 nitrogen and oxygen atoms in total. The average Bonchev–Trinajstić information content (AvgIpc) is 3.46. The van der Waals surface area contributed by atoms with Gasteiger partial charge in [0.2, 0.25) is 11.8 Å². The first-order chi connectivity index (χ1) is 21.7. The van der Waals surface area contributed by atoms with Gasteiger partial charge in [-0.3, -0.25) is 29.9 Å². The van der Waals surface area contributed by atoms with Crippen molar-refractivity contribution in [3.8, 4) is 17.2 Å². The molecule has 0 bridgehead atoms. The lowest BCUT2D eigenvalue weighted by Gasteiger charge is -2.51. The number of hydrazine groups is 1. The molecule has 3 aromatic rings. The quantitative estimate of drug-likeness (QED) is 0.283. The number of benzene rings is 3. The number of carbonyl (C=O) groups excluding carboxylic acids is 4. The molecule has 4 aliphatic rings. The Hall–Kier alpha value is -5.12. The lowest BCUT2D eigenvalue weighted by molar-refractivity contribution is -0.138. The third kappa shape index (κ3) is 4.08. The van der Waals surface area contributed by atoms with Crippen LogP contribution in [0.3, 0.4) is 0 Å². The van der Waals surface area contributed by atoms with E-state index in [1.807, 2.05) is 55.5 Å². The number of allylic oxidation sites excluding steroid dienone is 2. The summed E-state index contributed by atoms with van der Waals surface area (Å²) < 4.78 is 11.7. The Morgan fingerprint density at radius 2 is 1.58 bits per heavy atom. The first-order valence-electron chi connectivity index (χ1n) is 15.0. The van der Waals surface area contributed by atoms with Crippen molar-refractivity contribution in [2.45, 2.75) is 31.1 Å². The zero-order valence-corrected chi connectivity index (χ0v) is 25.1. The number of carbonyl (C=O) groups is 4. The van der Waals surface area contributed by atoms with E-state index in [1.54, 1.807) is 12.1 Å². The van der Waals surface area contributed by atoms with Gasteiger partial charge in [0.1, 0.15) is 17.2 Å². The van der Waals surface area contributed by atoms with Crippen molar-refractivity contribution in [2.24, 2.45) is 23.7 Å². The van der Waals surface area contributed by atoms with E-state index in [1.165, 1.54) is 26.4 Å². The van der Waals surface area contributed by atoms with E-state index in [0.717, 1.165) is 16.1 Å². The minimum absolute atomic E-state index is 0.0972. The van der Waals surface area contributed by atoms with E-state index < -0.39 is 46.8 Å². The van der Waals surface area contributed by atoms with E-state index in [-0.39, 0.29) is 35.5 Å². The van der Waals surface area contributed by atoms with Crippen molar-refractivity contribution >= 4 is 29.3 Å². The van der Waals surface area contributed by atoms with Crippen molar-refractivity contribution in [1.82, 2.24) is 10.3 Å². The van der Waals surface area contributed by atoms with Crippen molar-refractivity contribution < 1.29 is 33.8 Å². The molecule has 4 amide bonds. The lowest BCUT2D eigenvalue weighted by atomic mass is 9.49. The molecule has 2 aliphatic carbocycles. The van der Waals surface area contributed by atoms with Crippen molar-refractivity contribution in [3.05, 3.63) is 95.1 Å². The third-order valence-electron chi connectivity index (χ3n) is 10.1. The fraction of sp³-hybridized carbons (Fsp3) is 0.314. The van der Waals surface area contributed by atoms with E-state index in [2.05, 4.69) is 10.7 Å². The van der Waals surface area contributed by atoms with Crippen LogP contribution in [0.25, 0.3) is 0 Å². The van der Waals surface area contributed by atoms with Crippen LogP contribution in [0.1, 0.15) is 35.4 Å². The van der Waals surface area contributed by atoms with E-state index in [0.29, 0.717) is 23.2 Å². The molecule has 45 heavy (non-hydrogen) atoms. The molecule has 0 spiro atoms. The highest BCUT2D eigenvalue weighted by atomic mass is 16.5. The molecule has 2 aliphatic heterocycles. The summed E-state index contributed by atoms with van der Waals surface area (Å²) in [7, 11) is 2.93. The van der Waals surface area contributed by atoms with Gasteiger partial charge in [0.05, 0.1) is 43.1 Å². The molecule has 10 heteroatoms. The number of nitrogens with zero attached hydrogens (tertiary/aromatic N) is 1. The van der Waals surface area contributed by atoms with E-state index in [9.17, 15) is 19.5 Å². The number of ether oxygens (including phenoxy) is 2. The van der Waals surface area contributed by atoms with Crippen LogP contribution < -0.4 is 20.2 Å². The van der Waals surface area contributed by atoms with Crippen LogP contribution in [0.2, 0.25) is 0 Å². The molecular formula is C35H33N3O7. The van der Waals surface area contributed by atoms with Gasteiger partial charge in [0.15, 0.2) is 0 Å². The highest BCUT2D eigenvalue weighted by molar-refractivity contribution is 6.13. The van der Waals surface area contributed by atoms with Gasteiger partial charge in [-0.2, -0.15) is 5.01 Å². The zero-order chi connectivity index (χ0) is 31.6. The molecule has 3 fully saturated rings. The number of imide groups is 2. The summed E-state index contributed by atoms with van der Waals surface area (Å²) >= 11 is 0.